The third-order valence-corrected chi connectivity index (χ3v) is 4.01. The van der Waals surface area contributed by atoms with Gasteiger partial charge in [0.25, 0.3) is 0 Å². The van der Waals surface area contributed by atoms with Crippen LogP contribution in [-0.2, 0) is 17.2 Å². The molecule has 1 unspecified atom stereocenters. The van der Waals surface area contributed by atoms with Crippen LogP contribution in [0.15, 0.2) is 5.38 Å². The van der Waals surface area contributed by atoms with Crippen LogP contribution in [0, 0.1) is 0 Å². The van der Waals surface area contributed by atoms with Crippen LogP contribution in [0.1, 0.15) is 24.5 Å². The molecule has 18 heavy (non-hydrogen) atoms. The Bertz CT molecular complexity index is 397. The summed E-state index contributed by atoms with van der Waals surface area (Å²) in [5.41, 5.74) is 0.709. The predicted molar refractivity (Wildman–Crippen MR) is 73.0 cm³/mol. The second-order valence-corrected chi connectivity index (χ2v) is 6.43. The van der Waals surface area contributed by atoms with Crippen molar-refractivity contribution in [3.8, 4) is 0 Å². The number of aromatic nitrogens is 1. The molecule has 1 saturated heterocycles. The molecule has 1 aromatic heterocycles. The van der Waals surface area contributed by atoms with E-state index in [-0.39, 0.29) is 18.3 Å². The quantitative estimate of drug-likeness (QED) is 0.860. The summed E-state index contributed by atoms with van der Waals surface area (Å²) in [4.78, 5) is 6.74. The minimum Gasteiger partial charge on any atom is -0.394 e. The van der Waals surface area contributed by atoms with E-state index >= 15 is 0 Å². The van der Waals surface area contributed by atoms with Crippen molar-refractivity contribution >= 4 is 22.9 Å². The van der Waals surface area contributed by atoms with E-state index in [9.17, 15) is 5.11 Å². The van der Waals surface area contributed by atoms with Crippen molar-refractivity contribution in [1.29, 1.82) is 0 Å². The zero-order valence-electron chi connectivity index (χ0n) is 10.7. The van der Waals surface area contributed by atoms with Gasteiger partial charge in [-0.25, -0.2) is 4.98 Å². The van der Waals surface area contributed by atoms with Gasteiger partial charge in [-0.15, -0.1) is 22.9 Å². The normalized spacial score (nSPS) is 24.3. The Balaban J connectivity index is 1.99. The number of alkyl halides is 1. The maximum Gasteiger partial charge on any atom is 0.107 e. The van der Waals surface area contributed by atoms with E-state index in [0.29, 0.717) is 5.88 Å². The summed E-state index contributed by atoms with van der Waals surface area (Å²) >= 11 is 7.39. The van der Waals surface area contributed by atoms with Crippen molar-refractivity contribution in [3.05, 3.63) is 16.1 Å². The second-order valence-electron chi connectivity index (χ2n) is 5.22. The number of morpholine rings is 1. The molecule has 0 radical (unpaired) electrons. The molecular formula is C12H19ClN2O2S. The van der Waals surface area contributed by atoms with E-state index in [1.807, 2.05) is 19.2 Å². The molecule has 2 rings (SSSR count). The van der Waals surface area contributed by atoms with Crippen LogP contribution in [0.25, 0.3) is 0 Å². The van der Waals surface area contributed by atoms with Gasteiger partial charge in [-0.2, -0.15) is 0 Å². The molecule has 1 fully saturated rings. The second kappa shape index (κ2) is 5.84. The first-order valence-electron chi connectivity index (χ1n) is 6.02. The van der Waals surface area contributed by atoms with Gasteiger partial charge in [0.1, 0.15) is 5.01 Å². The molecule has 0 spiro atoms. The van der Waals surface area contributed by atoms with Crippen LogP contribution < -0.4 is 0 Å². The van der Waals surface area contributed by atoms with Crippen molar-refractivity contribution in [1.82, 2.24) is 9.88 Å². The fraction of sp³-hybridized carbons (Fsp3) is 0.750. The largest absolute Gasteiger partial charge is 0.394 e. The standard InChI is InChI=1S/C12H19ClN2O2S/c1-12(2)8-15(4-10(6-16)17-12)5-11-14-9(3-13)7-18-11/h7,10,16H,3-6,8H2,1-2H3. The maximum absolute atomic E-state index is 9.27. The lowest BCUT2D eigenvalue weighted by Gasteiger charge is -2.42. The molecule has 0 bridgehead atoms. The average Bonchev–Trinajstić information content (AvgIpc) is 2.74. The van der Waals surface area contributed by atoms with E-state index in [1.165, 1.54) is 0 Å². The van der Waals surface area contributed by atoms with E-state index in [4.69, 9.17) is 16.3 Å². The molecule has 1 aromatic rings. The number of aliphatic hydroxyl groups excluding tert-OH is 1. The van der Waals surface area contributed by atoms with Crippen LogP contribution in [-0.4, -0.2) is 46.4 Å². The third kappa shape index (κ3) is 3.65. The van der Waals surface area contributed by atoms with Crippen LogP contribution >= 0.6 is 22.9 Å². The number of ether oxygens (including phenoxy) is 1. The third-order valence-electron chi connectivity index (χ3n) is 2.85. The Morgan fingerprint density at radius 3 is 3.06 bits per heavy atom. The van der Waals surface area contributed by atoms with Crippen molar-refractivity contribution in [2.24, 2.45) is 0 Å². The minimum atomic E-state index is -0.224. The summed E-state index contributed by atoms with van der Waals surface area (Å²) in [6.07, 6.45) is -0.110. The van der Waals surface area contributed by atoms with Gasteiger partial charge in [0, 0.05) is 18.5 Å². The number of thiazole rings is 1. The first kappa shape index (κ1) is 14.2. The molecule has 0 aromatic carbocycles. The van der Waals surface area contributed by atoms with Crippen LogP contribution in [0.3, 0.4) is 0 Å². The lowest BCUT2D eigenvalue weighted by molar-refractivity contribution is -0.150. The number of aliphatic hydroxyl groups is 1. The highest BCUT2D eigenvalue weighted by molar-refractivity contribution is 7.09. The fourth-order valence-corrected chi connectivity index (χ4v) is 3.37. The molecule has 2 heterocycles. The monoisotopic (exact) mass is 290 g/mol. The number of hydrogen-bond acceptors (Lipinski definition) is 5. The Morgan fingerprint density at radius 2 is 2.44 bits per heavy atom. The topological polar surface area (TPSA) is 45.6 Å². The van der Waals surface area contributed by atoms with Crippen molar-refractivity contribution in [2.75, 3.05) is 19.7 Å². The van der Waals surface area contributed by atoms with Gasteiger partial charge in [-0.3, -0.25) is 4.90 Å². The Morgan fingerprint density at radius 1 is 1.67 bits per heavy atom. The van der Waals surface area contributed by atoms with Gasteiger partial charge in [0.15, 0.2) is 0 Å². The van der Waals surface area contributed by atoms with Crippen LogP contribution in [0.4, 0.5) is 0 Å². The van der Waals surface area contributed by atoms with Gasteiger partial charge in [0.2, 0.25) is 0 Å². The summed E-state index contributed by atoms with van der Waals surface area (Å²) in [5, 5.41) is 12.3. The van der Waals surface area contributed by atoms with E-state index in [1.54, 1.807) is 11.3 Å². The number of hydrogen-bond donors (Lipinski definition) is 1. The smallest absolute Gasteiger partial charge is 0.107 e. The maximum atomic E-state index is 9.27. The van der Waals surface area contributed by atoms with E-state index < -0.39 is 0 Å². The summed E-state index contributed by atoms with van der Waals surface area (Å²) in [6, 6.07) is 0. The zero-order valence-corrected chi connectivity index (χ0v) is 12.3. The van der Waals surface area contributed by atoms with Gasteiger partial charge < -0.3 is 9.84 Å². The highest BCUT2D eigenvalue weighted by Crippen LogP contribution is 2.23. The summed E-state index contributed by atoms with van der Waals surface area (Å²) < 4.78 is 5.79. The minimum absolute atomic E-state index is 0.0602. The number of nitrogens with zero attached hydrogens (tertiary/aromatic N) is 2. The van der Waals surface area contributed by atoms with E-state index in [0.717, 1.165) is 30.3 Å². The summed E-state index contributed by atoms with van der Waals surface area (Å²) in [5.74, 6) is 0.463. The molecule has 1 aliphatic heterocycles. The van der Waals surface area contributed by atoms with Gasteiger partial charge in [-0.05, 0) is 13.8 Å². The highest BCUT2D eigenvalue weighted by atomic mass is 35.5. The molecule has 0 amide bonds. The zero-order chi connectivity index (χ0) is 13.2. The van der Waals surface area contributed by atoms with Crippen LogP contribution in [0.2, 0.25) is 0 Å². The lowest BCUT2D eigenvalue weighted by atomic mass is 10.1. The summed E-state index contributed by atoms with van der Waals surface area (Å²) in [6.45, 7) is 6.55. The molecule has 1 N–H and O–H groups in total. The molecule has 1 atom stereocenters. The van der Waals surface area contributed by atoms with Crippen molar-refractivity contribution in [3.63, 3.8) is 0 Å². The van der Waals surface area contributed by atoms with Gasteiger partial charge in [0.05, 0.1) is 36.4 Å². The summed E-state index contributed by atoms with van der Waals surface area (Å²) in [7, 11) is 0. The predicted octanol–water partition coefficient (Wildman–Crippen LogP) is 1.85. The highest BCUT2D eigenvalue weighted by Gasteiger charge is 2.33. The SMILES string of the molecule is CC1(C)CN(Cc2nc(CCl)cs2)CC(CO)O1. The molecule has 102 valence electrons. The fourth-order valence-electron chi connectivity index (χ4n) is 2.31. The molecule has 0 saturated carbocycles. The first-order chi connectivity index (χ1) is 8.52. The molecule has 6 heteroatoms. The Labute approximate surface area is 117 Å². The number of halogens is 1. The number of rotatable bonds is 4. The molecule has 1 aliphatic rings. The van der Waals surface area contributed by atoms with Crippen LogP contribution in [0.5, 0.6) is 0 Å². The Kier molecular flexibility index (Phi) is 4.61. The van der Waals surface area contributed by atoms with E-state index in [2.05, 4.69) is 9.88 Å². The lowest BCUT2D eigenvalue weighted by Crippen LogP contribution is -2.53. The van der Waals surface area contributed by atoms with Crippen molar-refractivity contribution in [2.45, 2.75) is 38.0 Å². The van der Waals surface area contributed by atoms with Crippen molar-refractivity contribution < 1.29 is 9.84 Å². The Hall–Kier alpha value is -0.200. The average molecular weight is 291 g/mol. The molecule has 4 nitrogen and oxygen atoms in total. The first-order valence-corrected chi connectivity index (χ1v) is 7.44. The molecular weight excluding hydrogens is 272 g/mol. The molecule has 0 aliphatic carbocycles. The van der Waals surface area contributed by atoms with Gasteiger partial charge in [-0.1, -0.05) is 0 Å². The van der Waals surface area contributed by atoms with Gasteiger partial charge >= 0.3 is 0 Å².